The summed E-state index contributed by atoms with van der Waals surface area (Å²) < 4.78 is 3.92. The van der Waals surface area contributed by atoms with Gasteiger partial charge in [0.2, 0.25) is 0 Å². The molecule has 0 amide bonds. The van der Waals surface area contributed by atoms with Gasteiger partial charge in [-0.3, -0.25) is 10.1 Å². The lowest BCUT2D eigenvalue weighted by atomic mass is 10.2. The first-order valence-corrected chi connectivity index (χ1v) is 5.84. The first kappa shape index (κ1) is 11.5. The van der Waals surface area contributed by atoms with Crippen molar-refractivity contribution in [2.75, 3.05) is 0 Å². The maximum absolute atomic E-state index is 11.0. The number of benzene rings is 1. The van der Waals surface area contributed by atoms with Crippen LogP contribution in [0.3, 0.4) is 0 Å². The van der Waals surface area contributed by atoms with Crippen LogP contribution in [-0.2, 0) is 13.6 Å². The van der Waals surface area contributed by atoms with Crippen molar-refractivity contribution in [3.63, 3.8) is 0 Å². The van der Waals surface area contributed by atoms with Crippen LogP contribution in [0.25, 0.3) is 10.9 Å². The number of non-ortho nitro benzene ring substituents is 1. The number of fused-ring (bicyclic) bond motifs is 1. The minimum Gasteiger partial charge on any atom is -0.341 e. The molecule has 19 heavy (non-hydrogen) atoms. The summed E-state index contributed by atoms with van der Waals surface area (Å²) in [4.78, 5) is 14.7. The van der Waals surface area contributed by atoms with Gasteiger partial charge in [-0.25, -0.2) is 4.98 Å². The van der Waals surface area contributed by atoms with E-state index in [4.69, 9.17) is 0 Å². The number of nitro benzene ring substituents is 1. The third-order valence-corrected chi connectivity index (χ3v) is 3.24. The van der Waals surface area contributed by atoms with Gasteiger partial charge in [-0.05, 0) is 12.1 Å². The topological polar surface area (TPSA) is 65.9 Å². The number of hydrogen-bond acceptors (Lipinski definition) is 3. The van der Waals surface area contributed by atoms with Gasteiger partial charge >= 0.3 is 0 Å². The van der Waals surface area contributed by atoms with Gasteiger partial charge in [-0.1, -0.05) is 6.07 Å². The molecule has 0 saturated heterocycles. The highest BCUT2D eigenvalue weighted by molar-refractivity contribution is 5.89. The van der Waals surface area contributed by atoms with Gasteiger partial charge in [0.25, 0.3) is 5.69 Å². The third-order valence-electron chi connectivity index (χ3n) is 3.24. The van der Waals surface area contributed by atoms with Crippen molar-refractivity contribution < 1.29 is 4.92 Å². The zero-order chi connectivity index (χ0) is 13.4. The molecule has 0 aliphatic heterocycles. The van der Waals surface area contributed by atoms with Crippen molar-refractivity contribution in [2.24, 2.45) is 7.05 Å². The quantitative estimate of drug-likeness (QED) is 0.533. The standard InChI is InChI=1S/C13H12N4O2/c1-15-9-14-7-10(15)8-16-6-5-11-12(16)3-2-4-13(11)17(18)19/h2-7,9H,8H2,1H3. The zero-order valence-corrected chi connectivity index (χ0v) is 10.4. The van der Waals surface area contributed by atoms with Crippen LogP contribution in [0, 0.1) is 10.1 Å². The lowest BCUT2D eigenvalue weighted by molar-refractivity contribution is -0.383. The summed E-state index contributed by atoms with van der Waals surface area (Å²) >= 11 is 0. The van der Waals surface area contributed by atoms with Crippen molar-refractivity contribution in [1.29, 1.82) is 0 Å². The fraction of sp³-hybridized carbons (Fsp3) is 0.154. The molecule has 0 unspecified atom stereocenters. The maximum Gasteiger partial charge on any atom is 0.278 e. The van der Waals surface area contributed by atoms with Crippen LogP contribution in [0.1, 0.15) is 5.69 Å². The number of imidazole rings is 1. The Kier molecular flexibility index (Phi) is 2.56. The van der Waals surface area contributed by atoms with Gasteiger partial charge in [0.05, 0.1) is 34.4 Å². The van der Waals surface area contributed by atoms with Crippen molar-refractivity contribution >= 4 is 16.6 Å². The molecule has 3 rings (SSSR count). The average molecular weight is 256 g/mol. The summed E-state index contributed by atoms with van der Waals surface area (Å²) in [6.45, 7) is 0.640. The SMILES string of the molecule is Cn1cncc1Cn1ccc2c([N+](=O)[O-])cccc21. The molecule has 6 heteroatoms. The van der Waals surface area contributed by atoms with Gasteiger partial charge in [0.15, 0.2) is 0 Å². The Labute approximate surface area is 109 Å². The maximum atomic E-state index is 11.0. The molecule has 0 spiro atoms. The lowest BCUT2D eigenvalue weighted by Crippen LogP contribution is -2.02. The monoisotopic (exact) mass is 256 g/mol. The Balaban J connectivity index is 2.09. The number of nitrogens with zero attached hydrogens (tertiary/aromatic N) is 4. The van der Waals surface area contributed by atoms with E-state index in [1.807, 2.05) is 28.4 Å². The van der Waals surface area contributed by atoms with Crippen molar-refractivity contribution in [3.8, 4) is 0 Å². The normalized spacial score (nSPS) is 11.0. The summed E-state index contributed by atoms with van der Waals surface area (Å²) in [6.07, 6.45) is 5.40. The first-order valence-electron chi connectivity index (χ1n) is 5.84. The van der Waals surface area contributed by atoms with Crippen LogP contribution >= 0.6 is 0 Å². The molecule has 3 aromatic rings. The molecule has 2 heterocycles. The molecule has 0 bridgehead atoms. The number of nitro groups is 1. The van der Waals surface area contributed by atoms with Gasteiger partial charge in [0, 0.05) is 25.5 Å². The number of aryl methyl sites for hydroxylation is 1. The Morgan fingerprint density at radius 2 is 2.21 bits per heavy atom. The molecular formula is C13H12N4O2. The molecule has 0 aliphatic carbocycles. The summed E-state index contributed by atoms with van der Waals surface area (Å²) in [7, 11) is 1.93. The van der Waals surface area contributed by atoms with E-state index < -0.39 is 0 Å². The molecule has 1 aromatic carbocycles. The van der Waals surface area contributed by atoms with Gasteiger partial charge in [-0.2, -0.15) is 0 Å². The van der Waals surface area contributed by atoms with Gasteiger partial charge in [-0.15, -0.1) is 0 Å². The Morgan fingerprint density at radius 1 is 1.37 bits per heavy atom. The minimum absolute atomic E-state index is 0.140. The predicted molar refractivity (Wildman–Crippen MR) is 70.9 cm³/mol. The van der Waals surface area contributed by atoms with E-state index >= 15 is 0 Å². The summed E-state index contributed by atoms with van der Waals surface area (Å²) in [5, 5.41) is 11.6. The molecule has 0 aliphatic rings. The van der Waals surface area contributed by atoms with Crippen LogP contribution in [0.15, 0.2) is 43.0 Å². The smallest absolute Gasteiger partial charge is 0.278 e. The van der Waals surface area contributed by atoms with E-state index in [9.17, 15) is 10.1 Å². The van der Waals surface area contributed by atoms with Gasteiger partial charge < -0.3 is 9.13 Å². The predicted octanol–water partition coefficient (Wildman–Crippen LogP) is 2.33. The lowest BCUT2D eigenvalue weighted by Gasteiger charge is -2.06. The van der Waals surface area contributed by atoms with E-state index in [-0.39, 0.29) is 10.6 Å². The average Bonchev–Trinajstić information content (AvgIpc) is 2.97. The molecule has 6 nitrogen and oxygen atoms in total. The Bertz CT molecular complexity index is 757. The summed E-state index contributed by atoms with van der Waals surface area (Å²) in [5.41, 5.74) is 2.04. The molecule has 0 atom stereocenters. The molecule has 0 fully saturated rings. The van der Waals surface area contributed by atoms with Crippen molar-refractivity contribution in [2.45, 2.75) is 6.54 Å². The van der Waals surface area contributed by atoms with Crippen molar-refractivity contribution in [3.05, 3.63) is 58.8 Å². The molecular weight excluding hydrogens is 244 g/mol. The molecule has 0 N–H and O–H groups in total. The zero-order valence-electron chi connectivity index (χ0n) is 10.4. The third kappa shape index (κ3) is 1.87. The second kappa shape index (κ2) is 4.24. The van der Waals surface area contributed by atoms with Crippen LogP contribution in [-0.4, -0.2) is 19.0 Å². The molecule has 96 valence electrons. The highest BCUT2D eigenvalue weighted by Crippen LogP contribution is 2.26. The fourth-order valence-electron chi connectivity index (χ4n) is 2.22. The van der Waals surface area contributed by atoms with E-state index in [0.717, 1.165) is 11.2 Å². The van der Waals surface area contributed by atoms with Crippen LogP contribution in [0.5, 0.6) is 0 Å². The van der Waals surface area contributed by atoms with E-state index in [0.29, 0.717) is 11.9 Å². The number of aromatic nitrogens is 3. The molecule has 2 aromatic heterocycles. The summed E-state index contributed by atoms with van der Waals surface area (Å²) in [5.74, 6) is 0. The van der Waals surface area contributed by atoms with Crippen LogP contribution < -0.4 is 0 Å². The molecule has 0 saturated carbocycles. The van der Waals surface area contributed by atoms with Crippen molar-refractivity contribution in [1.82, 2.24) is 14.1 Å². The highest BCUT2D eigenvalue weighted by atomic mass is 16.6. The van der Waals surface area contributed by atoms with Gasteiger partial charge in [0.1, 0.15) is 0 Å². The van der Waals surface area contributed by atoms with Crippen LogP contribution in [0.2, 0.25) is 0 Å². The molecule has 0 radical (unpaired) electrons. The Morgan fingerprint density at radius 3 is 2.89 bits per heavy atom. The number of rotatable bonds is 3. The van der Waals surface area contributed by atoms with E-state index in [1.165, 1.54) is 6.07 Å². The minimum atomic E-state index is -0.350. The highest BCUT2D eigenvalue weighted by Gasteiger charge is 2.14. The second-order valence-electron chi connectivity index (χ2n) is 4.41. The fourth-order valence-corrected chi connectivity index (χ4v) is 2.22. The Hall–Kier alpha value is -2.63. The summed E-state index contributed by atoms with van der Waals surface area (Å²) in [6, 6.07) is 6.90. The largest absolute Gasteiger partial charge is 0.341 e. The van der Waals surface area contributed by atoms with Crippen LogP contribution in [0.4, 0.5) is 5.69 Å². The number of hydrogen-bond donors (Lipinski definition) is 0. The second-order valence-corrected chi connectivity index (χ2v) is 4.41. The van der Waals surface area contributed by atoms with E-state index in [2.05, 4.69) is 4.98 Å². The first-order chi connectivity index (χ1) is 9.16. The van der Waals surface area contributed by atoms with E-state index in [1.54, 1.807) is 24.7 Å².